The number of hydrogen-bond donors (Lipinski definition) is 2. The van der Waals surface area contributed by atoms with E-state index in [-0.39, 0.29) is 5.91 Å². The van der Waals surface area contributed by atoms with Gasteiger partial charge in [-0.1, -0.05) is 0 Å². The molecule has 0 saturated heterocycles. The van der Waals surface area contributed by atoms with Crippen molar-refractivity contribution in [1.82, 2.24) is 15.2 Å². The number of carbonyl (C=O) groups is 1. The summed E-state index contributed by atoms with van der Waals surface area (Å²) in [5, 5.41) is 5.94. The number of rotatable bonds is 7. The highest BCUT2D eigenvalue weighted by atomic mass is 16.5. The van der Waals surface area contributed by atoms with Crippen LogP contribution in [0.15, 0.2) is 18.5 Å². The van der Waals surface area contributed by atoms with Crippen molar-refractivity contribution in [2.24, 2.45) is 0 Å². The summed E-state index contributed by atoms with van der Waals surface area (Å²) < 4.78 is 6.74. The first-order valence-corrected chi connectivity index (χ1v) is 5.76. The molecule has 0 aliphatic carbocycles. The van der Waals surface area contributed by atoms with E-state index in [2.05, 4.69) is 17.6 Å². The number of amides is 1. The van der Waals surface area contributed by atoms with E-state index in [0.717, 1.165) is 0 Å². The van der Waals surface area contributed by atoms with Crippen LogP contribution in [0.4, 0.5) is 0 Å². The van der Waals surface area contributed by atoms with Crippen molar-refractivity contribution in [3.05, 3.63) is 24.0 Å². The predicted molar refractivity (Wildman–Crippen MR) is 66.8 cm³/mol. The molecule has 2 N–H and O–H groups in total. The number of ether oxygens (including phenoxy) is 1. The molecule has 0 bridgehead atoms. The molecule has 1 rings (SSSR count). The minimum absolute atomic E-state index is 0.00121. The largest absolute Gasteiger partial charge is 0.383 e. The second-order valence-corrected chi connectivity index (χ2v) is 3.97. The molecule has 0 spiro atoms. The summed E-state index contributed by atoms with van der Waals surface area (Å²) >= 11 is 0. The van der Waals surface area contributed by atoms with Crippen molar-refractivity contribution in [2.45, 2.75) is 19.5 Å². The second kappa shape index (κ2) is 7.09. The molecule has 1 amide bonds. The van der Waals surface area contributed by atoms with Crippen molar-refractivity contribution in [3.8, 4) is 0 Å². The highest BCUT2D eigenvalue weighted by molar-refractivity contribution is 5.75. The molecule has 1 aromatic rings. The molecule has 0 aromatic carbocycles. The second-order valence-electron chi connectivity index (χ2n) is 3.97. The van der Waals surface area contributed by atoms with E-state index in [4.69, 9.17) is 4.74 Å². The van der Waals surface area contributed by atoms with Gasteiger partial charge in [-0.15, -0.1) is 0 Å². The molecule has 0 aliphatic rings. The SMILES string of the molecule is CNC(C)c1ccn(CC(=O)NCCOC)c1. The van der Waals surface area contributed by atoms with Crippen LogP contribution in [0.3, 0.4) is 0 Å². The first kappa shape index (κ1) is 13.7. The maximum Gasteiger partial charge on any atom is 0.239 e. The molecule has 1 heterocycles. The Bertz CT molecular complexity index is 349. The van der Waals surface area contributed by atoms with E-state index in [1.165, 1.54) is 5.56 Å². The zero-order valence-corrected chi connectivity index (χ0v) is 10.7. The normalized spacial score (nSPS) is 12.4. The van der Waals surface area contributed by atoms with Gasteiger partial charge in [-0.3, -0.25) is 4.79 Å². The number of methoxy groups -OCH3 is 1. The maximum atomic E-state index is 11.5. The zero-order valence-electron chi connectivity index (χ0n) is 10.7. The fourth-order valence-electron chi connectivity index (χ4n) is 1.49. The highest BCUT2D eigenvalue weighted by Crippen LogP contribution is 2.11. The van der Waals surface area contributed by atoms with Gasteiger partial charge in [-0.2, -0.15) is 0 Å². The van der Waals surface area contributed by atoms with Gasteiger partial charge in [-0.25, -0.2) is 0 Å². The lowest BCUT2D eigenvalue weighted by Crippen LogP contribution is -2.30. The Morgan fingerprint density at radius 3 is 3.00 bits per heavy atom. The van der Waals surface area contributed by atoms with E-state index in [1.807, 2.05) is 30.1 Å². The average Bonchev–Trinajstić information content (AvgIpc) is 2.77. The first-order valence-electron chi connectivity index (χ1n) is 5.76. The Morgan fingerprint density at radius 2 is 2.35 bits per heavy atom. The van der Waals surface area contributed by atoms with Gasteiger partial charge in [0.1, 0.15) is 6.54 Å². The summed E-state index contributed by atoms with van der Waals surface area (Å²) in [6, 6.07) is 2.32. The minimum atomic E-state index is 0.00121. The average molecular weight is 239 g/mol. The number of nitrogens with one attached hydrogen (secondary N) is 2. The number of hydrogen-bond acceptors (Lipinski definition) is 3. The van der Waals surface area contributed by atoms with Gasteiger partial charge in [0.15, 0.2) is 0 Å². The fraction of sp³-hybridized carbons (Fsp3) is 0.583. The van der Waals surface area contributed by atoms with Crippen LogP contribution in [0, 0.1) is 0 Å². The minimum Gasteiger partial charge on any atom is -0.383 e. The predicted octanol–water partition coefficient (Wildman–Crippen LogP) is 0.531. The van der Waals surface area contributed by atoms with Crippen LogP contribution in [0.2, 0.25) is 0 Å². The lowest BCUT2D eigenvalue weighted by atomic mass is 10.2. The third-order valence-corrected chi connectivity index (χ3v) is 2.66. The molecule has 1 atom stereocenters. The molecule has 0 aliphatic heterocycles. The van der Waals surface area contributed by atoms with Crippen molar-refractivity contribution in [3.63, 3.8) is 0 Å². The fourth-order valence-corrected chi connectivity index (χ4v) is 1.49. The van der Waals surface area contributed by atoms with Crippen LogP contribution in [0.25, 0.3) is 0 Å². The van der Waals surface area contributed by atoms with Gasteiger partial charge in [0.05, 0.1) is 6.61 Å². The van der Waals surface area contributed by atoms with Crippen LogP contribution in [0.1, 0.15) is 18.5 Å². The summed E-state index contributed by atoms with van der Waals surface area (Å²) in [6.45, 7) is 3.52. The Kier molecular flexibility index (Phi) is 5.72. The third kappa shape index (κ3) is 4.58. The molecule has 0 fully saturated rings. The maximum absolute atomic E-state index is 11.5. The van der Waals surface area contributed by atoms with Crippen LogP contribution in [-0.4, -0.2) is 37.8 Å². The lowest BCUT2D eigenvalue weighted by Gasteiger charge is -2.07. The molecule has 96 valence electrons. The van der Waals surface area contributed by atoms with Crippen LogP contribution in [-0.2, 0) is 16.1 Å². The van der Waals surface area contributed by atoms with Gasteiger partial charge in [0.2, 0.25) is 5.91 Å². The van der Waals surface area contributed by atoms with Gasteiger partial charge >= 0.3 is 0 Å². The Hall–Kier alpha value is -1.33. The quantitative estimate of drug-likeness (QED) is 0.683. The standard InChI is InChI=1S/C12H21N3O2/c1-10(13-2)11-4-6-15(8-11)9-12(16)14-5-7-17-3/h4,6,8,10,13H,5,7,9H2,1-3H3,(H,14,16). The molecular formula is C12H21N3O2. The number of carbonyl (C=O) groups excluding carboxylic acids is 1. The molecule has 5 nitrogen and oxygen atoms in total. The van der Waals surface area contributed by atoms with Crippen LogP contribution >= 0.6 is 0 Å². The molecule has 1 aromatic heterocycles. The summed E-state index contributed by atoms with van der Waals surface area (Å²) in [5.74, 6) is 0.00121. The van der Waals surface area contributed by atoms with Gasteiger partial charge in [0.25, 0.3) is 0 Å². The molecule has 17 heavy (non-hydrogen) atoms. The first-order chi connectivity index (χ1) is 8.17. The highest BCUT2D eigenvalue weighted by Gasteiger charge is 2.06. The molecule has 5 heteroatoms. The number of nitrogens with zero attached hydrogens (tertiary/aromatic N) is 1. The van der Waals surface area contributed by atoms with Crippen LogP contribution < -0.4 is 10.6 Å². The van der Waals surface area contributed by atoms with E-state index in [9.17, 15) is 4.79 Å². The summed E-state index contributed by atoms with van der Waals surface area (Å²) in [7, 11) is 3.53. The summed E-state index contributed by atoms with van der Waals surface area (Å²) in [6.07, 6.45) is 3.90. The molecular weight excluding hydrogens is 218 g/mol. The van der Waals surface area contributed by atoms with Gasteiger partial charge in [-0.05, 0) is 25.6 Å². The Morgan fingerprint density at radius 1 is 1.59 bits per heavy atom. The van der Waals surface area contributed by atoms with E-state index < -0.39 is 0 Å². The summed E-state index contributed by atoms with van der Waals surface area (Å²) in [5.41, 5.74) is 1.18. The monoisotopic (exact) mass is 239 g/mol. The molecule has 1 unspecified atom stereocenters. The summed E-state index contributed by atoms with van der Waals surface area (Å²) in [4.78, 5) is 11.5. The van der Waals surface area contributed by atoms with Gasteiger partial charge < -0.3 is 19.9 Å². The number of aromatic nitrogens is 1. The van der Waals surface area contributed by atoms with Crippen LogP contribution in [0.5, 0.6) is 0 Å². The topological polar surface area (TPSA) is 55.3 Å². The van der Waals surface area contributed by atoms with Crippen molar-refractivity contribution >= 4 is 5.91 Å². The third-order valence-electron chi connectivity index (χ3n) is 2.66. The molecule has 0 radical (unpaired) electrons. The smallest absolute Gasteiger partial charge is 0.239 e. The van der Waals surface area contributed by atoms with Crippen molar-refractivity contribution < 1.29 is 9.53 Å². The Balaban J connectivity index is 2.40. The van der Waals surface area contributed by atoms with Gasteiger partial charge in [0, 0.05) is 32.1 Å². The van der Waals surface area contributed by atoms with E-state index >= 15 is 0 Å². The van der Waals surface area contributed by atoms with E-state index in [1.54, 1.807) is 7.11 Å². The molecule has 0 saturated carbocycles. The Labute approximate surface area is 102 Å². The zero-order chi connectivity index (χ0) is 12.7. The van der Waals surface area contributed by atoms with E-state index in [0.29, 0.717) is 25.7 Å². The van der Waals surface area contributed by atoms with Crippen molar-refractivity contribution in [2.75, 3.05) is 27.3 Å². The lowest BCUT2D eigenvalue weighted by molar-refractivity contribution is -0.121. The van der Waals surface area contributed by atoms with Crippen molar-refractivity contribution in [1.29, 1.82) is 0 Å².